The number of carbonyl (C=O) groups is 2. The minimum Gasteiger partial charge on any atom is -0.461 e. The minimum atomic E-state index is -4.58. The van der Waals surface area contributed by atoms with Gasteiger partial charge in [0.1, 0.15) is 12.3 Å². The largest absolute Gasteiger partial charge is 0.461 e. The van der Waals surface area contributed by atoms with Crippen LogP contribution in [-0.2, 0) is 22.3 Å². The van der Waals surface area contributed by atoms with Crippen molar-refractivity contribution in [1.29, 1.82) is 0 Å². The van der Waals surface area contributed by atoms with Gasteiger partial charge in [0.05, 0.1) is 11.1 Å². The summed E-state index contributed by atoms with van der Waals surface area (Å²) in [6.45, 7) is 1.71. The third-order valence-corrected chi connectivity index (χ3v) is 4.36. The number of amides is 1. The molecule has 28 heavy (non-hydrogen) atoms. The van der Waals surface area contributed by atoms with Crippen LogP contribution in [0.1, 0.15) is 21.6 Å². The summed E-state index contributed by atoms with van der Waals surface area (Å²) in [5, 5.41) is 8.01. The molecule has 0 radical (unpaired) electrons. The van der Waals surface area contributed by atoms with Crippen LogP contribution in [0.3, 0.4) is 0 Å². The second-order valence-corrected chi connectivity index (χ2v) is 6.11. The van der Waals surface area contributed by atoms with E-state index in [1.807, 2.05) is 4.90 Å². The Bertz CT molecular complexity index is 835. The van der Waals surface area contributed by atoms with Crippen LogP contribution in [0, 0.1) is 0 Å². The molecule has 3 rings (SSSR count). The maximum absolute atomic E-state index is 13.1. The van der Waals surface area contributed by atoms with Gasteiger partial charge in [-0.3, -0.25) is 9.59 Å². The van der Waals surface area contributed by atoms with E-state index in [9.17, 15) is 22.8 Å². The van der Waals surface area contributed by atoms with E-state index in [0.29, 0.717) is 31.1 Å². The number of ether oxygens (including phenoxy) is 1. The van der Waals surface area contributed by atoms with Crippen LogP contribution in [0.25, 0.3) is 0 Å². The highest BCUT2D eigenvalue weighted by atomic mass is 19.4. The molecule has 0 unspecified atom stereocenters. The smallest absolute Gasteiger partial charge is 0.417 e. The molecular weight excluding hydrogens is 377 g/mol. The quantitative estimate of drug-likeness (QED) is 0.724. The number of hydrogen-bond acceptors (Lipinski definition) is 6. The van der Waals surface area contributed by atoms with Crippen molar-refractivity contribution in [2.24, 2.45) is 0 Å². The number of halogens is 3. The lowest BCUT2D eigenvalue weighted by Gasteiger charge is -2.35. The van der Waals surface area contributed by atoms with Crippen molar-refractivity contribution in [1.82, 2.24) is 15.1 Å². The molecule has 1 aromatic carbocycles. The average molecular weight is 394 g/mol. The maximum Gasteiger partial charge on any atom is 0.417 e. The molecule has 1 saturated heterocycles. The van der Waals surface area contributed by atoms with Crippen LogP contribution in [0.2, 0.25) is 0 Å². The van der Waals surface area contributed by atoms with Gasteiger partial charge in [0, 0.05) is 26.2 Å². The van der Waals surface area contributed by atoms with Crippen molar-refractivity contribution in [2.75, 3.05) is 31.1 Å². The molecule has 1 fully saturated rings. The fourth-order valence-electron chi connectivity index (χ4n) is 2.94. The van der Waals surface area contributed by atoms with Gasteiger partial charge in [-0.05, 0) is 24.3 Å². The Morgan fingerprint density at radius 3 is 2.39 bits per heavy atom. The summed E-state index contributed by atoms with van der Waals surface area (Å²) in [7, 11) is 0. The van der Waals surface area contributed by atoms with Crippen molar-refractivity contribution in [3.8, 4) is 0 Å². The van der Waals surface area contributed by atoms with Gasteiger partial charge >= 0.3 is 6.18 Å². The second kappa shape index (κ2) is 8.24. The van der Waals surface area contributed by atoms with E-state index < -0.39 is 17.6 Å². The minimum absolute atomic E-state index is 0.0255. The number of rotatable bonds is 5. The van der Waals surface area contributed by atoms with Crippen LogP contribution < -0.4 is 4.90 Å². The summed E-state index contributed by atoms with van der Waals surface area (Å²) >= 11 is 0. The molecule has 0 N–H and O–H groups in total. The van der Waals surface area contributed by atoms with E-state index >= 15 is 0 Å². The molecule has 0 atom stereocenters. The number of benzene rings is 1. The summed E-state index contributed by atoms with van der Waals surface area (Å²) in [4.78, 5) is 26.1. The highest BCUT2D eigenvalue weighted by molar-refractivity contribution is 5.96. The number of aromatic nitrogens is 2. The van der Waals surface area contributed by atoms with Crippen LogP contribution in [0.15, 0.2) is 36.4 Å². The Balaban J connectivity index is 1.64. The molecule has 1 amide bonds. The molecule has 1 aliphatic rings. The van der Waals surface area contributed by atoms with E-state index in [-0.39, 0.29) is 25.3 Å². The normalized spacial score (nSPS) is 14.7. The number of nitrogens with zero attached hydrogens (tertiary/aromatic N) is 4. The highest BCUT2D eigenvalue weighted by Crippen LogP contribution is 2.32. The van der Waals surface area contributed by atoms with Crippen LogP contribution in [-0.4, -0.2) is 53.7 Å². The lowest BCUT2D eigenvalue weighted by atomic mass is 10.1. The summed E-state index contributed by atoms with van der Waals surface area (Å²) in [6, 6.07) is 8.18. The first-order valence-electron chi connectivity index (χ1n) is 8.48. The van der Waals surface area contributed by atoms with Gasteiger partial charge in [0.25, 0.3) is 12.4 Å². The molecule has 1 aromatic heterocycles. The molecule has 148 valence electrons. The summed E-state index contributed by atoms with van der Waals surface area (Å²) in [5.41, 5.74) is -0.780. The van der Waals surface area contributed by atoms with Gasteiger partial charge in [-0.2, -0.15) is 13.2 Å². The van der Waals surface area contributed by atoms with E-state index in [1.165, 1.54) is 23.1 Å². The van der Waals surface area contributed by atoms with Crippen molar-refractivity contribution in [3.05, 3.63) is 53.2 Å². The fourth-order valence-corrected chi connectivity index (χ4v) is 2.94. The van der Waals surface area contributed by atoms with Gasteiger partial charge in [-0.1, -0.05) is 12.1 Å². The summed E-state index contributed by atoms with van der Waals surface area (Å²) in [5.74, 6) is -0.0577. The maximum atomic E-state index is 13.1. The van der Waals surface area contributed by atoms with Crippen molar-refractivity contribution in [3.63, 3.8) is 0 Å². The predicted molar refractivity (Wildman–Crippen MR) is 92.4 cm³/mol. The van der Waals surface area contributed by atoms with Crippen LogP contribution in [0.4, 0.5) is 19.0 Å². The number of hydrogen-bond donors (Lipinski definition) is 0. The first-order chi connectivity index (χ1) is 13.4. The summed E-state index contributed by atoms with van der Waals surface area (Å²) < 4.78 is 44.0. The SMILES string of the molecule is O=COCc1ccc(N2CCN(C(=O)c3ccccc3C(F)(F)F)CC2)nn1. The molecule has 0 aliphatic carbocycles. The van der Waals surface area contributed by atoms with E-state index in [2.05, 4.69) is 14.9 Å². The van der Waals surface area contributed by atoms with Crippen molar-refractivity contribution < 1.29 is 27.5 Å². The molecular formula is C18H17F3N4O3. The van der Waals surface area contributed by atoms with Crippen LogP contribution >= 0.6 is 0 Å². The molecule has 0 spiro atoms. The Hall–Kier alpha value is -3.17. The zero-order valence-electron chi connectivity index (χ0n) is 14.7. The Kier molecular flexibility index (Phi) is 5.76. The Morgan fingerprint density at radius 2 is 1.79 bits per heavy atom. The fraction of sp³-hybridized carbons (Fsp3) is 0.333. The molecule has 2 heterocycles. The Labute approximate surface area is 158 Å². The molecule has 2 aromatic rings. The van der Waals surface area contributed by atoms with Gasteiger partial charge in [-0.25, -0.2) is 0 Å². The zero-order chi connectivity index (χ0) is 20.1. The predicted octanol–water partition coefficient (Wildman–Crippen LogP) is 2.13. The number of alkyl halides is 3. The van der Waals surface area contributed by atoms with Gasteiger partial charge < -0.3 is 14.5 Å². The third-order valence-electron chi connectivity index (χ3n) is 4.36. The molecule has 7 nitrogen and oxygen atoms in total. The van der Waals surface area contributed by atoms with Crippen molar-refractivity contribution >= 4 is 18.2 Å². The monoisotopic (exact) mass is 394 g/mol. The van der Waals surface area contributed by atoms with Gasteiger partial charge in [0.2, 0.25) is 0 Å². The number of carbonyl (C=O) groups excluding carboxylic acids is 2. The van der Waals surface area contributed by atoms with E-state index in [4.69, 9.17) is 0 Å². The Morgan fingerprint density at radius 1 is 1.07 bits per heavy atom. The average Bonchev–Trinajstić information content (AvgIpc) is 2.71. The number of anilines is 1. The molecule has 0 bridgehead atoms. The third kappa shape index (κ3) is 4.38. The topological polar surface area (TPSA) is 75.6 Å². The lowest BCUT2D eigenvalue weighted by Crippen LogP contribution is -2.49. The first kappa shape index (κ1) is 19.6. The van der Waals surface area contributed by atoms with Gasteiger partial charge in [0.15, 0.2) is 5.82 Å². The second-order valence-electron chi connectivity index (χ2n) is 6.11. The molecule has 1 aliphatic heterocycles. The van der Waals surface area contributed by atoms with Crippen LogP contribution in [0.5, 0.6) is 0 Å². The zero-order valence-corrected chi connectivity index (χ0v) is 14.7. The van der Waals surface area contributed by atoms with Crippen molar-refractivity contribution in [2.45, 2.75) is 12.8 Å². The standard InChI is InChI=1S/C18H17F3N4O3/c19-18(20,21)15-4-2-1-3-14(15)17(27)25-9-7-24(8-10-25)16-6-5-13(22-23-16)11-28-12-26/h1-6,12H,7-11H2. The number of piperazine rings is 1. The molecule has 0 saturated carbocycles. The first-order valence-corrected chi connectivity index (χ1v) is 8.48. The van der Waals surface area contributed by atoms with E-state index in [0.717, 1.165) is 6.07 Å². The lowest BCUT2D eigenvalue weighted by molar-refractivity contribution is -0.138. The van der Waals surface area contributed by atoms with E-state index in [1.54, 1.807) is 12.1 Å². The molecule has 10 heteroatoms. The highest BCUT2D eigenvalue weighted by Gasteiger charge is 2.36. The van der Waals surface area contributed by atoms with Gasteiger partial charge in [-0.15, -0.1) is 10.2 Å². The summed E-state index contributed by atoms with van der Waals surface area (Å²) in [6.07, 6.45) is -4.58.